The van der Waals surface area contributed by atoms with Crippen LogP contribution in [0.25, 0.3) is 0 Å². The lowest BCUT2D eigenvalue weighted by Gasteiger charge is -2.49. The number of benzene rings is 1. The van der Waals surface area contributed by atoms with Gasteiger partial charge in [0.15, 0.2) is 8.32 Å². The second kappa shape index (κ2) is 9.71. The van der Waals surface area contributed by atoms with Gasteiger partial charge in [-0.3, -0.25) is 0 Å². The van der Waals surface area contributed by atoms with E-state index in [1.165, 1.54) is 16.7 Å². The molecule has 0 radical (unpaired) electrons. The highest BCUT2D eigenvalue weighted by Crippen LogP contribution is 2.58. The highest BCUT2D eigenvalue weighted by molar-refractivity contribution is 6.74. The van der Waals surface area contributed by atoms with Crippen molar-refractivity contribution < 1.29 is 9.16 Å². The number of hydrogen-bond acceptors (Lipinski definition) is 2. The van der Waals surface area contributed by atoms with Crippen molar-refractivity contribution in [3.05, 3.63) is 71.3 Å². The summed E-state index contributed by atoms with van der Waals surface area (Å²) in [6.45, 7) is 24.6. The van der Waals surface area contributed by atoms with E-state index in [2.05, 4.69) is 123 Å². The molecule has 0 N–H and O–H groups in total. The first-order valence-electron chi connectivity index (χ1n) is 14.1. The van der Waals surface area contributed by atoms with Gasteiger partial charge in [-0.25, -0.2) is 0 Å². The van der Waals surface area contributed by atoms with Gasteiger partial charge in [0.25, 0.3) is 0 Å². The molecule has 0 saturated heterocycles. The minimum atomic E-state index is -2.01. The number of ether oxygens (including phenoxy) is 1. The maximum Gasteiger partial charge on any atom is 0.192 e. The van der Waals surface area contributed by atoms with Crippen molar-refractivity contribution in [3.63, 3.8) is 0 Å². The van der Waals surface area contributed by atoms with E-state index in [0.717, 1.165) is 12.8 Å². The molecule has 0 spiro atoms. The molecule has 6 atom stereocenters. The second-order valence-electron chi connectivity index (χ2n) is 14.2. The Morgan fingerprint density at radius 2 is 1.64 bits per heavy atom. The van der Waals surface area contributed by atoms with Gasteiger partial charge in [-0.15, -0.1) is 0 Å². The molecule has 3 aliphatic carbocycles. The summed E-state index contributed by atoms with van der Waals surface area (Å²) in [5, 5.41) is 0.167. The summed E-state index contributed by atoms with van der Waals surface area (Å²) < 4.78 is 14.3. The van der Waals surface area contributed by atoms with Crippen LogP contribution in [0.5, 0.6) is 0 Å². The van der Waals surface area contributed by atoms with Gasteiger partial charge >= 0.3 is 0 Å². The lowest BCUT2D eigenvalue weighted by atomic mass is 9.67. The Balaban J connectivity index is 1.76. The zero-order chi connectivity index (χ0) is 26.5. The van der Waals surface area contributed by atoms with Gasteiger partial charge in [0.1, 0.15) is 0 Å². The predicted molar refractivity (Wildman–Crippen MR) is 155 cm³/mol. The number of allylic oxidation sites excluding steroid dienone is 4. The molecule has 1 fully saturated rings. The molecule has 0 heterocycles. The fraction of sp³-hybridized carbons (Fsp3) is 0.636. The van der Waals surface area contributed by atoms with E-state index >= 15 is 0 Å². The molecule has 0 unspecified atom stereocenters. The van der Waals surface area contributed by atoms with Crippen LogP contribution < -0.4 is 0 Å². The van der Waals surface area contributed by atoms with Gasteiger partial charge in [-0.1, -0.05) is 102 Å². The molecule has 3 aliphatic rings. The van der Waals surface area contributed by atoms with Crippen molar-refractivity contribution in [3.8, 4) is 0 Å². The van der Waals surface area contributed by atoms with Crippen molar-refractivity contribution in [1.82, 2.24) is 0 Å². The Morgan fingerprint density at radius 1 is 0.972 bits per heavy atom. The van der Waals surface area contributed by atoms with Crippen molar-refractivity contribution >= 4 is 8.32 Å². The third-order valence-electron chi connectivity index (χ3n) is 9.88. The zero-order valence-electron chi connectivity index (χ0n) is 24.5. The average Bonchev–Trinajstić information content (AvgIpc) is 3.22. The van der Waals surface area contributed by atoms with Gasteiger partial charge < -0.3 is 9.16 Å². The van der Waals surface area contributed by atoms with Crippen molar-refractivity contribution in [2.45, 2.75) is 105 Å². The van der Waals surface area contributed by atoms with Gasteiger partial charge in [-0.2, -0.15) is 0 Å². The van der Waals surface area contributed by atoms with Gasteiger partial charge in [-0.05, 0) is 73.7 Å². The normalized spacial score (nSPS) is 37.1. The minimum Gasteiger partial charge on any atom is -0.412 e. The van der Waals surface area contributed by atoms with E-state index in [1.54, 1.807) is 0 Å². The first kappa shape index (κ1) is 27.6. The van der Waals surface area contributed by atoms with E-state index in [0.29, 0.717) is 24.4 Å². The molecule has 3 heteroatoms. The van der Waals surface area contributed by atoms with Crippen LogP contribution in [-0.4, -0.2) is 20.5 Å². The molecule has 0 bridgehead atoms. The number of hydrogen-bond donors (Lipinski definition) is 0. The van der Waals surface area contributed by atoms with E-state index in [9.17, 15) is 0 Å². The van der Waals surface area contributed by atoms with Gasteiger partial charge in [0.05, 0.1) is 18.8 Å². The molecule has 1 aromatic rings. The summed E-state index contributed by atoms with van der Waals surface area (Å²) in [6, 6.07) is 10.7. The number of fused-ring (bicyclic) bond motifs is 2. The van der Waals surface area contributed by atoms with Crippen molar-refractivity contribution in [2.24, 2.45) is 28.6 Å². The molecule has 1 saturated carbocycles. The summed E-state index contributed by atoms with van der Waals surface area (Å²) in [5.41, 5.74) is 4.14. The summed E-state index contributed by atoms with van der Waals surface area (Å²) >= 11 is 0. The fourth-order valence-corrected chi connectivity index (χ4v) is 8.19. The van der Waals surface area contributed by atoms with Crippen LogP contribution in [0.1, 0.15) is 73.8 Å². The molecule has 4 rings (SSSR count). The van der Waals surface area contributed by atoms with Gasteiger partial charge in [0.2, 0.25) is 0 Å². The molecule has 0 aliphatic heterocycles. The Labute approximate surface area is 222 Å². The first-order valence-corrected chi connectivity index (χ1v) is 17.0. The molecule has 198 valence electrons. The maximum absolute atomic E-state index is 7.52. The van der Waals surface area contributed by atoms with Crippen LogP contribution >= 0.6 is 0 Å². The quantitative estimate of drug-likeness (QED) is 0.293. The standard InChI is InChI=1S/C33H50O2Si/c1-23-16-17-28-32(6,7)18-19-33(28,8)30(35-36(9,10)31(3,4)5)27-21-24(2)29(26(27)20-23)34-22-25-14-12-11-13-15-25/h11-19,24,26-27,29-30H,20-22H2,1-10H3/b23-16+,28-17-/t24-,26+,27+,29+,30+,33-/m1/s1. The summed E-state index contributed by atoms with van der Waals surface area (Å²) in [7, 11) is -2.01. The SMILES string of the molecule is C/C1=C\C=C2\C(C)(C)C=C[C@@]2(C)[C@@H](O[Si](C)(C)C(C)(C)C)[C@H]2C[C@@H](C)[C@H](OCc3ccccc3)[C@H]2C1. The molecule has 1 aromatic carbocycles. The zero-order valence-corrected chi connectivity index (χ0v) is 25.5. The summed E-state index contributed by atoms with van der Waals surface area (Å²) in [4.78, 5) is 0. The van der Waals surface area contributed by atoms with Crippen LogP contribution in [0.3, 0.4) is 0 Å². The van der Waals surface area contributed by atoms with Crippen LogP contribution in [0, 0.1) is 28.6 Å². The number of rotatable bonds is 5. The molecular weight excluding hydrogens is 456 g/mol. The molecule has 2 nitrogen and oxygen atoms in total. The Hall–Kier alpha value is -1.42. The molecule has 0 aromatic heterocycles. The molecule has 0 amide bonds. The van der Waals surface area contributed by atoms with Crippen LogP contribution in [-0.2, 0) is 15.8 Å². The predicted octanol–water partition coefficient (Wildman–Crippen LogP) is 9.11. The van der Waals surface area contributed by atoms with Crippen LogP contribution in [0.2, 0.25) is 18.1 Å². The summed E-state index contributed by atoms with van der Waals surface area (Å²) in [6.07, 6.45) is 12.4. The van der Waals surface area contributed by atoms with E-state index in [-0.39, 0.29) is 28.1 Å². The van der Waals surface area contributed by atoms with Crippen molar-refractivity contribution in [2.75, 3.05) is 0 Å². The smallest absolute Gasteiger partial charge is 0.192 e. The third kappa shape index (κ3) is 5.13. The minimum absolute atomic E-state index is 0.0356. The average molecular weight is 507 g/mol. The lowest BCUT2D eigenvalue weighted by molar-refractivity contribution is -0.0316. The molecule has 36 heavy (non-hydrogen) atoms. The topological polar surface area (TPSA) is 18.5 Å². The van der Waals surface area contributed by atoms with Crippen molar-refractivity contribution in [1.29, 1.82) is 0 Å². The second-order valence-corrected chi connectivity index (χ2v) is 19.0. The fourth-order valence-electron chi connectivity index (χ4n) is 6.79. The first-order chi connectivity index (χ1) is 16.7. The van der Waals surface area contributed by atoms with Crippen LogP contribution in [0.4, 0.5) is 0 Å². The van der Waals surface area contributed by atoms with E-state index in [1.807, 2.05) is 0 Å². The largest absolute Gasteiger partial charge is 0.412 e. The Kier molecular flexibility index (Phi) is 7.45. The third-order valence-corrected chi connectivity index (χ3v) is 14.3. The Bertz CT molecular complexity index is 1030. The monoisotopic (exact) mass is 506 g/mol. The van der Waals surface area contributed by atoms with Crippen LogP contribution in [0.15, 0.2) is 65.8 Å². The molecular formula is C33H50O2Si. The van der Waals surface area contributed by atoms with E-state index in [4.69, 9.17) is 9.16 Å². The highest BCUT2D eigenvalue weighted by Gasteiger charge is 2.56. The van der Waals surface area contributed by atoms with E-state index < -0.39 is 8.32 Å². The highest BCUT2D eigenvalue weighted by atomic mass is 28.4. The lowest BCUT2D eigenvalue weighted by Crippen LogP contribution is -2.52. The maximum atomic E-state index is 7.52. The van der Waals surface area contributed by atoms with Gasteiger partial charge in [0, 0.05) is 10.8 Å². The summed E-state index contributed by atoms with van der Waals surface area (Å²) in [5.74, 6) is 1.43. The Morgan fingerprint density at radius 3 is 2.28 bits per heavy atom.